The molecule has 4 aliphatic rings. The zero-order chi connectivity index (χ0) is 24.3. The first-order valence-electron chi connectivity index (χ1n) is 13.3. The van der Waals surface area contributed by atoms with E-state index in [0.29, 0.717) is 30.3 Å². The molecule has 9 atom stereocenters. The van der Waals surface area contributed by atoms with Crippen LogP contribution >= 0.6 is 0 Å². The molecule has 4 saturated carbocycles. The molecule has 4 aliphatic carbocycles. The molecule has 0 aliphatic heterocycles. The molecule has 0 aromatic carbocycles. The van der Waals surface area contributed by atoms with Crippen LogP contribution in [0.1, 0.15) is 90.0 Å². The van der Waals surface area contributed by atoms with Crippen LogP contribution in [-0.2, 0) is 9.53 Å². The Bertz CT molecular complexity index is 969. The molecule has 0 bridgehead atoms. The molecular weight excluding hydrogens is 430 g/mol. The van der Waals surface area contributed by atoms with Crippen molar-refractivity contribution in [1.82, 2.24) is 0 Å². The van der Waals surface area contributed by atoms with Gasteiger partial charge in [0.25, 0.3) is 0 Å². The van der Waals surface area contributed by atoms with Gasteiger partial charge in [-0.25, -0.2) is 4.79 Å². The fourth-order valence-electron chi connectivity index (χ4n) is 8.90. The Morgan fingerprint density at radius 1 is 1.15 bits per heavy atom. The molecule has 3 N–H and O–H groups in total. The molecule has 188 valence electrons. The second-order valence-electron chi connectivity index (χ2n) is 12.4. The zero-order valence-corrected chi connectivity index (χ0v) is 20.9. The highest BCUT2D eigenvalue weighted by Crippen LogP contribution is 2.70. The maximum Gasteiger partial charge on any atom is 0.335 e. The molecule has 1 heterocycles. The average molecular weight is 472 g/mol. The van der Waals surface area contributed by atoms with Crippen molar-refractivity contribution in [3.05, 3.63) is 34.4 Å². The molecule has 0 spiro atoms. The van der Waals surface area contributed by atoms with E-state index in [4.69, 9.17) is 14.9 Å². The third kappa shape index (κ3) is 3.59. The van der Waals surface area contributed by atoms with E-state index in [-0.39, 0.29) is 28.3 Å². The lowest BCUT2D eigenvalue weighted by Crippen LogP contribution is -2.61. The van der Waals surface area contributed by atoms with Gasteiger partial charge in [-0.15, -0.1) is 0 Å². The number of ether oxygens (including phenoxy) is 1. The minimum Gasteiger partial charge on any atom is -0.464 e. The molecule has 4 fully saturated rings. The van der Waals surface area contributed by atoms with E-state index >= 15 is 0 Å². The molecule has 0 saturated heterocycles. The number of hydrogen-bond donors (Lipinski definition) is 2. The Labute approximate surface area is 202 Å². The van der Waals surface area contributed by atoms with Gasteiger partial charge in [-0.2, -0.15) is 0 Å². The van der Waals surface area contributed by atoms with Crippen molar-refractivity contribution in [1.29, 1.82) is 0 Å². The summed E-state index contributed by atoms with van der Waals surface area (Å²) in [6.07, 6.45) is 11.1. The Hall–Kier alpha value is -1.66. The summed E-state index contributed by atoms with van der Waals surface area (Å²) >= 11 is 0. The number of fused-ring (bicyclic) bond motifs is 5. The Morgan fingerprint density at radius 2 is 1.94 bits per heavy atom. The van der Waals surface area contributed by atoms with Crippen LogP contribution in [0, 0.1) is 34.5 Å². The van der Waals surface area contributed by atoms with E-state index in [1.807, 2.05) is 6.07 Å². The second kappa shape index (κ2) is 8.48. The molecule has 6 nitrogen and oxygen atoms in total. The molecule has 1 aromatic heterocycles. The van der Waals surface area contributed by atoms with Crippen molar-refractivity contribution < 1.29 is 19.1 Å². The first-order valence-corrected chi connectivity index (χ1v) is 13.3. The van der Waals surface area contributed by atoms with Gasteiger partial charge in [0.05, 0.1) is 18.5 Å². The van der Waals surface area contributed by atoms with E-state index in [0.717, 1.165) is 63.4 Å². The number of carbonyl (C=O) groups excluding carboxylic acids is 1. The van der Waals surface area contributed by atoms with Crippen molar-refractivity contribution in [3.8, 4) is 0 Å². The fraction of sp³-hybridized carbons (Fsp3) is 0.786. The van der Waals surface area contributed by atoms with E-state index in [1.165, 1.54) is 6.07 Å². The lowest BCUT2D eigenvalue weighted by molar-refractivity contribution is -0.204. The first-order chi connectivity index (χ1) is 16.1. The molecule has 0 amide bonds. The van der Waals surface area contributed by atoms with Gasteiger partial charge in [0.1, 0.15) is 6.04 Å². The maximum atomic E-state index is 12.3. The minimum absolute atomic E-state index is 0.193. The molecule has 1 unspecified atom stereocenters. The van der Waals surface area contributed by atoms with Crippen LogP contribution in [0.4, 0.5) is 0 Å². The summed E-state index contributed by atoms with van der Waals surface area (Å²) in [6, 6.07) is 2.85. The minimum atomic E-state index is -0.672. The van der Waals surface area contributed by atoms with E-state index < -0.39 is 11.6 Å². The molecular formula is C28H41NO5. The number of carbonyl (C=O) groups is 1. The Morgan fingerprint density at radius 3 is 2.65 bits per heavy atom. The monoisotopic (exact) mass is 471 g/mol. The molecule has 1 aromatic rings. The standard InChI is InChI=1S/C28H41NO5/c1-17(29)25(31)34-15-18-8-11-26(2)20(14-18)5-6-23-22(26)9-12-27(3)21(10-13-28(23,27)32)19-4-7-24(30)33-16-19/h4,7,16-18,20-23,32H,5-6,8-15,29H2,1-3H3/t17-,18?,20-,21-,22+,23-,26+,27-,28+/m1/s1. The van der Waals surface area contributed by atoms with Crippen molar-refractivity contribution in [2.24, 2.45) is 40.2 Å². The van der Waals surface area contributed by atoms with E-state index in [9.17, 15) is 14.7 Å². The lowest BCUT2D eigenvalue weighted by Gasteiger charge is -2.63. The number of rotatable bonds is 4. The molecule has 0 radical (unpaired) electrons. The molecule has 5 rings (SSSR count). The largest absolute Gasteiger partial charge is 0.464 e. The highest BCUT2D eigenvalue weighted by atomic mass is 16.5. The van der Waals surface area contributed by atoms with Crippen LogP contribution in [0.3, 0.4) is 0 Å². The zero-order valence-electron chi connectivity index (χ0n) is 20.9. The van der Waals surface area contributed by atoms with Crippen LogP contribution in [0.15, 0.2) is 27.6 Å². The van der Waals surface area contributed by atoms with Crippen molar-refractivity contribution in [3.63, 3.8) is 0 Å². The Kier molecular flexibility index (Phi) is 6.00. The summed E-state index contributed by atoms with van der Waals surface area (Å²) in [4.78, 5) is 23.3. The van der Waals surface area contributed by atoms with Gasteiger partial charge in [0.2, 0.25) is 0 Å². The SMILES string of the molecule is C[C@@H](N)C(=O)OCC1CC[C@@]2(C)[C@H](CC[C@@H]3[C@@H]2CC[C@]2(C)[C@@H](c4ccc(=O)oc4)CC[C@]32O)C1. The summed E-state index contributed by atoms with van der Waals surface area (Å²) in [5.74, 6) is 1.81. The predicted octanol–water partition coefficient (Wildman–Crippen LogP) is 4.39. The van der Waals surface area contributed by atoms with Gasteiger partial charge in [-0.1, -0.05) is 13.8 Å². The number of aliphatic hydroxyl groups is 1. The number of nitrogens with two attached hydrogens (primary N) is 1. The lowest BCUT2D eigenvalue weighted by atomic mass is 9.43. The highest BCUT2D eigenvalue weighted by Gasteiger charge is 2.67. The normalized spacial score (nSPS) is 44.4. The van der Waals surface area contributed by atoms with E-state index in [1.54, 1.807) is 13.2 Å². The van der Waals surface area contributed by atoms with E-state index in [2.05, 4.69) is 13.8 Å². The van der Waals surface area contributed by atoms with Crippen LogP contribution < -0.4 is 11.4 Å². The van der Waals surface area contributed by atoms with Gasteiger partial charge < -0.3 is 20.0 Å². The van der Waals surface area contributed by atoms with Gasteiger partial charge in [0, 0.05) is 11.5 Å². The molecule has 6 heteroatoms. The molecule has 34 heavy (non-hydrogen) atoms. The summed E-state index contributed by atoms with van der Waals surface area (Å²) in [5, 5.41) is 12.3. The highest BCUT2D eigenvalue weighted by molar-refractivity contribution is 5.74. The van der Waals surface area contributed by atoms with Crippen molar-refractivity contribution in [2.75, 3.05) is 6.61 Å². The fourth-order valence-corrected chi connectivity index (χ4v) is 8.90. The van der Waals surface area contributed by atoms with Crippen molar-refractivity contribution >= 4 is 5.97 Å². The quantitative estimate of drug-likeness (QED) is 0.632. The van der Waals surface area contributed by atoms with Gasteiger partial charge in [0.15, 0.2) is 0 Å². The first kappa shape index (κ1) is 24.1. The number of hydrogen-bond acceptors (Lipinski definition) is 6. The van der Waals surface area contributed by atoms with Gasteiger partial charge in [-0.3, -0.25) is 4.79 Å². The smallest absolute Gasteiger partial charge is 0.335 e. The second-order valence-corrected chi connectivity index (χ2v) is 12.4. The van der Waals surface area contributed by atoms with Gasteiger partial charge in [-0.05, 0) is 111 Å². The summed E-state index contributed by atoms with van der Waals surface area (Å²) in [5.41, 5.74) is 5.76. The topological polar surface area (TPSA) is 103 Å². The van der Waals surface area contributed by atoms with Crippen molar-refractivity contribution in [2.45, 2.75) is 96.1 Å². The summed E-state index contributed by atoms with van der Waals surface area (Å²) < 4.78 is 10.7. The van der Waals surface area contributed by atoms with Crippen LogP contribution in [0.25, 0.3) is 0 Å². The number of esters is 1. The predicted molar refractivity (Wildman–Crippen MR) is 129 cm³/mol. The third-order valence-electron chi connectivity index (χ3n) is 10.9. The maximum absolute atomic E-state index is 12.3. The Balaban J connectivity index is 1.33. The summed E-state index contributed by atoms with van der Waals surface area (Å²) in [6.45, 7) is 6.91. The van der Waals surface area contributed by atoms with Crippen LogP contribution in [-0.4, -0.2) is 29.3 Å². The summed E-state index contributed by atoms with van der Waals surface area (Å²) in [7, 11) is 0. The van der Waals surface area contributed by atoms with Crippen LogP contribution in [0.5, 0.6) is 0 Å². The van der Waals surface area contributed by atoms with Gasteiger partial charge >= 0.3 is 11.6 Å². The third-order valence-corrected chi connectivity index (χ3v) is 10.9. The average Bonchev–Trinajstić information content (AvgIpc) is 3.09. The van der Waals surface area contributed by atoms with Crippen LogP contribution in [0.2, 0.25) is 0 Å².